The lowest BCUT2D eigenvalue weighted by atomic mass is 9.98. The number of nitrogens with two attached hydrogens (primary N) is 2. The predicted molar refractivity (Wildman–Crippen MR) is 70.6 cm³/mol. The molecule has 1 rings (SSSR count). The molecule has 0 spiro atoms. The molecule has 2 amide bonds. The third kappa shape index (κ3) is 3.70. The van der Waals surface area contributed by atoms with Crippen molar-refractivity contribution in [2.24, 2.45) is 17.4 Å². The van der Waals surface area contributed by atoms with E-state index < -0.39 is 11.9 Å². The molecule has 0 aromatic heterocycles. The number of amides is 2. The van der Waals surface area contributed by atoms with Crippen molar-refractivity contribution in [1.82, 2.24) is 4.90 Å². The predicted octanol–water partition coefficient (Wildman–Crippen LogP) is 0.616. The summed E-state index contributed by atoms with van der Waals surface area (Å²) in [4.78, 5) is 25.1. The summed E-state index contributed by atoms with van der Waals surface area (Å²) in [6, 6.07) is -0.393. The van der Waals surface area contributed by atoms with Gasteiger partial charge in [-0.05, 0) is 18.8 Å². The van der Waals surface area contributed by atoms with E-state index in [4.69, 9.17) is 11.5 Å². The fourth-order valence-electron chi connectivity index (χ4n) is 2.46. The van der Waals surface area contributed by atoms with Gasteiger partial charge < -0.3 is 16.4 Å². The monoisotopic (exact) mass is 255 g/mol. The molecule has 0 radical (unpaired) electrons. The van der Waals surface area contributed by atoms with Crippen LogP contribution in [0.5, 0.6) is 0 Å². The summed E-state index contributed by atoms with van der Waals surface area (Å²) in [6.45, 7) is 3.96. The molecule has 5 nitrogen and oxygen atoms in total. The van der Waals surface area contributed by atoms with Gasteiger partial charge in [0.2, 0.25) is 11.8 Å². The molecule has 4 N–H and O–H groups in total. The van der Waals surface area contributed by atoms with Crippen LogP contribution in [0.25, 0.3) is 0 Å². The molecule has 0 bridgehead atoms. The van der Waals surface area contributed by atoms with Crippen LogP contribution in [-0.4, -0.2) is 35.3 Å². The van der Waals surface area contributed by atoms with E-state index in [1.807, 2.05) is 13.8 Å². The first-order valence-corrected chi connectivity index (χ1v) is 6.81. The van der Waals surface area contributed by atoms with E-state index in [-0.39, 0.29) is 24.4 Å². The zero-order valence-electron chi connectivity index (χ0n) is 11.4. The fourth-order valence-corrected chi connectivity index (χ4v) is 2.46. The van der Waals surface area contributed by atoms with E-state index in [9.17, 15) is 9.59 Å². The maximum atomic E-state index is 12.4. The van der Waals surface area contributed by atoms with Gasteiger partial charge >= 0.3 is 0 Å². The average molecular weight is 255 g/mol. The van der Waals surface area contributed by atoms with E-state index in [1.54, 1.807) is 4.90 Å². The van der Waals surface area contributed by atoms with Gasteiger partial charge in [-0.2, -0.15) is 0 Å². The second kappa shape index (κ2) is 6.73. The van der Waals surface area contributed by atoms with Crippen molar-refractivity contribution in [3.63, 3.8) is 0 Å². The highest BCUT2D eigenvalue weighted by Gasteiger charge is 2.32. The highest BCUT2D eigenvalue weighted by Crippen LogP contribution is 2.24. The number of nitrogens with zero attached hydrogens (tertiary/aromatic N) is 1. The number of carbonyl (C=O) groups is 2. The first-order valence-electron chi connectivity index (χ1n) is 6.81. The molecule has 18 heavy (non-hydrogen) atoms. The van der Waals surface area contributed by atoms with Crippen LogP contribution in [-0.2, 0) is 9.59 Å². The highest BCUT2D eigenvalue weighted by atomic mass is 16.2. The van der Waals surface area contributed by atoms with Gasteiger partial charge in [0, 0.05) is 6.04 Å². The summed E-state index contributed by atoms with van der Waals surface area (Å²) in [7, 11) is 0. The van der Waals surface area contributed by atoms with Gasteiger partial charge in [-0.3, -0.25) is 9.59 Å². The molecule has 2 unspecified atom stereocenters. The molecular formula is C13H25N3O2. The zero-order chi connectivity index (χ0) is 13.7. The van der Waals surface area contributed by atoms with Gasteiger partial charge in [-0.1, -0.05) is 33.1 Å². The molecule has 0 aromatic rings. The second-order valence-corrected chi connectivity index (χ2v) is 5.28. The average Bonchev–Trinajstić information content (AvgIpc) is 2.86. The lowest BCUT2D eigenvalue weighted by Gasteiger charge is -2.31. The molecule has 104 valence electrons. The number of hydrogen-bond acceptors (Lipinski definition) is 3. The molecule has 1 aliphatic carbocycles. The van der Waals surface area contributed by atoms with E-state index in [0.29, 0.717) is 0 Å². The summed E-state index contributed by atoms with van der Waals surface area (Å²) in [5.41, 5.74) is 11.2. The van der Waals surface area contributed by atoms with E-state index in [1.165, 1.54) is 0 Å². The number of hydrogen-bond donors (Lipinski definition) is 2. The normalized spacial score (nSPS) is 19.5. The van der Waals surface area contributed by atoms with Crippen LogP contribution >= 0.6 is 0 Å². The SMILES string of the molecule is CCC(C)C(N)C(=O)N(CC(N)=O)C1CCCC1. The maximum Gasteiger partial charge on any atom is 0.240 e. The zero-order valence-corrected chi connectivity index (χ0v) is 11.4. The van der Waals surface area contributed by atoms with Crippen molar-refractivity contribution in [2.45, 2.75) is 58.0 Å². The Hall–Kier alpha value is -1.10. The fraction of sp³-hybridized carbons (Fsp3) is 0.846. The lowest BCUT2D eigenvalue weighted by Crippen LogP contribution is -2.52. The van der Waals surface area contributed by atoms with Gasteiger partial charge in [0.1, 0.15) is 0 Å². The van der Waals surface area contributed by atoms with Gasteiger partial charge in [0.25, 0.3) is 0 Å². The molecule has 0 heterocycles. The lowest BCUT2D eigenvalue weighted by molar-refractivity contribution is -0.139. The first-order chi connectivity index (χ1) is 8.47. The third-order valence-electron chi connectivity index (χ3n) is 3.92. The minimum absolute atomic E-state index is 0.00632. The van der Waals surface area contributed by atoms with Crippen LogP contribution < -0.4 is 11.5 Å². The molecule has 1 aliphatic rings. The Morgan fingerprint density at radius 2 is 1.89 bits per heavy atom. The van der Waals surface area contributed by atoms with Gasteiger partial charge in [-0.15, -0.1) is 0 Å². The summed E-state index contributed by atoms with van der Waals surface area (Å²) in [6.07, 6.45) is 4.96. The van der Waals surface area contributed by atoms with Crippen molar-refractivity contribution in [3.8, 4) is 0 Å². The van der Waals surface area contributed by atoms with Gasteiger partial charge in [-0.25, -0.2) is 0 Å². The molecule has 0 saturated heterocycles. The number of rotatable bonds is 6. The Kier molecular flexibility index (Phi) is 5.59. The maximum absolute atomic E-state index is 12.4. The topological polar surface area (TPSA) is 89.4 Å². The molecule has 5 heteroatoms. The van der Waals surface area contributed by atoms with Crippen molar-refractivity contribution in [2.75, 3.05) is 6.54 Å². The summed E-state index contributed by atoms with van der Waals surface area (Å²) < 4.78 is 0. The van der Waals surface area contributed by atoms with E-state index >= 15 is 0 Å². The van der Waals surface area contributed by atoms with E-state index in [2.05, 4.69) is 0 Å². The van der Waals surface area contributed by atoms with Crippen LogP contribution in [0.1, 0.15) is 46.0 Å². The second-order valence-electron chi connectivity index (χ2n) is 5.28. The number of carbonyl (C=O) groups excluding carboxylic acids is 2. The van der Waals surface area contributed by atoms with Crippen molar-refractivity contribution >= 4 is 11.8 Å². The van der Waals surface area contributed by atoms with Crippen LogP contribution in [0.2, 0.25) is 0 Å². The van der Waals surface area contributed by atoms with Crippen LogP contribution in [0.3, 0.4) is 0 Å². The standard InChI is InChI=1S/C13H25N3O2/c1-3-9(2)12(15)13(18)16(8-11(14)17)10-6-4-5-7-10/h9-10,12H,3-8,15H2,1-2H3,(H2,14,17). The minimum atomic E-state index is -0.532. The van der Waals surface area contributed by atoms with Gasteiger partial charge in [0.05, 0.1) is 12.6 Å². The molecule has 1 saturated carbocycles. The Labute approximate surface area is 109 Å². The Bertz CT molecular complexity index is 301. The quantitative estimate of drug-likeness (QED) is 0.729. The van der Waals surface area contributed by atoms with E-state index in [0.717, 1.165) is 32.1 Å². The Morgan fingerprint density at radius 1 is 1.33 bits per heavy atom. The smallest absolute Gasteiger partial charge is 0.240 e. The highest BCUT2D eigenvalue weighted by molar-refractivity contribution is 5.87. The molecule has 2 atom stereocenters. The van der Waals surface area contributed by atoms with Crippen LogP contribution in [0.15, 0.2) is 0 Å². The minimum Gasteiger partial charge on any atom is -0.368 e. The molecular weight excluding hydrogens is 230 g/mol. The first kappa shape index (κ1) is 15.0. The van der Waals surface area contributed by atoms with Crippen molar-refractivity contribution < 1.29 is 9.59 Å². The third-order valence-corrected chi connectivity index (χ3v) is 3.92. The molecule has 1 fully saturated rings. The Morgan fingerprint density at radius 3 is 2.33 bits per heavy atom. The van der Waals surface area contributed by atoms with Crippen LogP contribution in [0.4, 0.5) is 0 Å². The molecule has 0 aliphatic heterocycles. The summed E-state index contributed by atoms with van der Waals surface area (Å²) in [5.74, 6) is -0.476. The van der Waals surface area contributed by atoms with Gasteiger partial charge in [0.15, 0.2) is 0 Å². The molecule has 0 aromatic carbocycles. The van der Waals surface area contributed by atoms with Crippen molar-refractivity contribution in [1.29, 1.82) is 0 Å². The van der Waals surface area contributed by atoms with Crippen LogP contribution in [0, 0.1) is 5.92 Å². The van der Waals surface area contributed by atoms with Crippen molar-refractivity contribution in [3.05, 3.63) is 0 Å². The number of primary amides is 1. The Balaban J connectivity index is 2.74. The summed E-state index contributed by atoms with van der Waals surface area (Å²) in [5, 5.41) is 0. The summed E-state index contributed by atoms with van der Waals surface area (Å²) >= 11 is 0. The largest absolute Gasteiger partial charge is 0.368 e.